The summed E-state index contributed by atoms with van der Waals surface area (Å²) in [5.74, 6) is -0.169. The second kappa shape index (κ2) is 8.86. The van der Waals surface area contributed by atoms with Gasteiger partial charge in [0.2, 0.25) is 5.91 Å². The van der Waals surface area contributed by atoms with Crippen LogP contribution in [0.5, 0.6) is 0 Å². The van der Waals surface area contributed by atoms with Crippen LogP contribution in [0, 0.1) is 0 Å². The van der Waals surface area contributed by atoms with Gasteiger partial charge in [0.25, 0.3) is 0 Å². The van der Waals surface area contributed by atoms with E-state index in [1.807, 2.05) is 24.3 Å². The Morgan fingerprint density at radius 1 is 1.30 bits per heavy atom. The molecule has 1 aliphatic rings. The summed E-state index contributed by atoms with van der Waals surface area (Å²) in [6.45, 7) is 3.33. The molecule has 1 saturated heterocycles. The third kappa shape index (κ3) is 5.20. The summed E-state index contributed by atoms with van der Waals surface area (Å²) < 4.78 is 5.00. The number of nitrogens with zero attached hydrogens (tertiary/aromatic N) is 2. The Labute approximate surface area is 163 Å². The lowest BCUT2D eigenvalue weighted by Gasteiger charge is -2.31. The Kier molecular flexibility index (Phi) is 6.29. The van der Waals surface area contributed by atoms with E-state index < -0.39 is 0 Å². The van der Waals surface area contributed by atoms with E-state index in [9.17, 15) is 9.59 Å². The van der Waals surface area contributed by atoms with E-state index in [-0.39, 0.29) is 18.0 Å². The van der Waals surface area contributed by atoms with Gasteiger partial charge in [0.15, 0.2) is 0 Å². The molecule has 0 radical (unpaired) electrons. The molecule has 1 aliphatic heterocycles. The number of fused-ring (bicyclic) bond motifs is 1. The van der Waals surface area contributed by atoms with E-state index in [1.165, 1.54) is 6.08 Å². The lowest BCUT2D eigenvalue weighted by molar-refractivity contribution is -0.117. The van der Waals surface area contributed by atoms with E-state index in [2.05, 4.69) is 10.3 Å². The first kappa shape index (κ1) is 19.2. The summed E-state index contributed by atoms with van der Waals surface area (Å²) in [4.78, 5) is 30.0. The highest BCUT2D eigenvalue weighted by atomic mass is 35.5. The number of benzene rings is 1. The van der Waals surface area contributed by atoms with Crippen LogP contribution in [-0.2, 0) is 9.53 Å². The SMILES string of the molecule is CCOC(=O)N1CCC(NC(=O)/C=C/c2ccc3ccc(Cl)cc3n2)CC1. The number of likely N-dealkylation sites (tertiary alicyclic amines) is 1. The first-order valence-corrected chi connectivity index (χ1v) is 9.39. The van der Waals surface area contributed by atoms with Crippen LogP contribution >= 0.6 is 11.6 Å². The number of amides is 2. The minimum atomic E-state index is -0.287. The lowest BCUT2D eigenvalue weighted by Crippen LogP contribution is -2.46. The monoisotopic (exact) mass is 387 g/mol. The molecule has 0 bridgehead atoms. The van der Waals surface area contributed by atoms with Crippen LogP contribution < -0.4 is 5.32 Å². The molecule has 1 fully saturated rings. The number of nitrogens with one attached hydrogen (secondary N) is 1. The predicted molar refractivity (Wildman–Crippen MR) is 106 cm³/mol. The molecular weight excluding hydrogens is 366 g/mol. The van der Waals surface area contributed by atoms with Crippen LogP contribution in [0.4, 0.5) is 4.79 Å². The highest BCUT2D eigenvalue weighted by Gasteiger charge is 2.23. The summed E-state index contributed by atoms with van der Waals surface area (Å²) >= 11 is 6.00. The van der Waals surface area contributed by atoms with E-state index in [0.29, 0.717) is 43.3 Å². The molecule has 0 atom stereocenters. The fourth-order valence-corrected chi connectivity index (χ4v) is 3.20. The van der Waals surface area contributed by atoms with Gasteiger partial charge in [-0.05, 0) is 44.0 Å². The smallest absolute Gasteiger partial charge is 0.409 e. The van der Waals surface area contributed by atoms with Gasteiger partial charge in [-0.25, -0.2) is 9.78 Å². The predicted octanol–water partition coefficient (Wildman–Crippen LogP) is 3.64. The van der Waals surface area contributed by atoms with E-state index in [1.54, 1.807) is 24.0 Å². The van der Waals surface area contributed by atoms with Gasteiger partial charge in [0.1, 0.15) is 0 Å². The van der Waals surface area contributed by atoms with Crippen molar-refractivity contribution in [3.8, 4) is 0 Å². The molecule has 142 valence electrons. The Morgan fingerprint density at radius 2 is 2.04 bits per heavy atom. The van der Waals surface area contributed by atoms with Crippen molar-refractivity contribution in [3.63, 3.8) is 0 Å². The van der Waals surface area contributed by atoms with Crippen molar-refractivity contribution in [2.45, 2.75) is 25.8 Å². The molecule has 0 unspecified atom stereocenters. The van der Waals surface area contributed by atoms with Gasteiger partial charge in [-0.2, -0.15) is 0 Å². The van der Waals surface area contributed by atoms with Gasteiger partial charge in [-0.15, -0.1) is 0 Å². The Bertz CT molecular complexity index is 861. The average molecular weight is 388 g/mol. The third-order valence-corrected chi connectivity index (χ3v) is 4.68. The molecule has 27 heavy (non-hydrogen) atoms. The standard InChI is InChI=1S/C20H22ClN3O3/c1-2-27-20(26)24-11-9-17(10-12-24)23-19(25)8-7-16-6-4-14-3-5-15(21)13-18(14)22-16/h3-8,13,17H,2,9-12H2,1H3,(H,23,25)/b8-7+. The lowest BCUT2D eigenvalue weighted by atomic mass is 10.1. The van der Waals surface area contributed by atoms with Crippen LogP contribution in [-0.4, -0.2) is 47.6 Å². The average Bonchev–Trinajstić information content (AvgIpc) is 2.66. The van der Waals surface area contributed by atoms with E-state index >= 15 is 0 Å². The third-order valence-electron chi connectivity index (χ3n) is 4.45. The van der Waals surface area contributed by atoms with E-state index in [0.717, 1.165) is 10.9 Å². The van der Waals surface area contributed by atoms with Crippen LogP contribution in [0.3, 0.4) is 0 Å². The van der Waals surface area contributed by atoms with Gasteiger partial charge in [0, 0.05) is 35.6 Å². The number of hydrogen-bond donors (Lipinski definition) is 1. The number of rotatable bonds is 4. The highest BCUT2D eigenvalue weighted by molar-refractivity contribution is 6.31. The molecule has 1 N–H and O–H groups in total. The Hall–Kier alpha value is -2.60. The summed E-state index contributed by atoms with van der Waals surface area (Å²) in [6, 6.07) is 9.39. The van der Waals surface area contributed by atoms with Crippen LogP contribution in [0.2, 0.25) is 5.02 Å². The minimum absolute atomic E-state index is 0.0520. The molecule has 1 aromatic carbocycles. The summed E-state index contributed by atoms with van der Waals surface area (Å²) in [7, 11) is 0. The van der Waals surface area contributed by atoms with Gasteiger partial charge in [-0.1, -0.05) is 23.7 Å². The van der Waals surface area contributed by atoms with E-state index in [4.69, 9.17) is 16.3 Å². The van der Waals surface area contributed by atoms with Crippen molar-refractivity contribution >= 4 is 40.6 Å². The van der Waals surface area contributed by atoms with Gasteiger partial charge in [-0.3, -0.25) is 4.79 Å². The second-order valence-corrected chi connectivity index (χ2v) is 6.81. The molecule has 1 aromatic heterocycles. The number of pyridine rings is 1. The molecule has 2 aromatic rings. The van der Waals surface area contributed by atoms with Crippen molar-refractivity contribution in [1.82, 2.24) is 15.2 Å². The maximum atomic E-state index is 12.2. The van der Waals surface area contributed by atoms with Crippen molar-refractivity contribution in [1.29, 1.82) is 0 Å². The van der Waals surface area contributed by atoms with Crippen LogP contribution in [0.25, 0.3) is 17.0 Å². The second-order valence-electron chi connectivity index (χ2n) is 6.38. The number of piperidine rings is 1. The fourth-order valence-electron chi connectivity index (χ4n) is 3.03. The van der Waals surface area contributed by atoms with Crippen molar-refractivity contribution in [2.24, 2.45) is 0 Å². The normalized spacial score (nSPS) is 15.3. The maximum absolute atomic E-state index is 12.2. The zero-order valence-corrected chi connectivity index (χ0v) is 15.9. The summed E-state index contributed by atoms with van der Waals surface area (Å²) in [5, 5.41) is 4.60. The minimum Gasteiger partial charge on any atom is -0.450 e. The fraction of sp³-hybridized carbons (Fsp3) is 0.350. The molecule has 7 heteroatoms. The molecule has 6 nitrogen and oxygen atoms in total. The molecule has 0 spiro atoms. The van der Waals surface area contributed by atoms with Gasteiger partial charge >= 0.3 is 6.09 Å². The van der Waals surface area contributed by atoms with Gasteiger partial charge < -0.3 is 15.0 Å². The number of hydrogen-bond acceptors (Lipinski definition) is 4. The molecular formula is C20H22ClN3O3. The molecule has 2 amide bonds. The summed E-state index contributed by atoms with van der Waals surface area (Å²) in [6.07, 6.45) is 4.31. The number of carbonyl (C=O) groups is 2. The Morgan fingerprint density at radius 3 is 2.78 bits per heavy atom. The Balaban J connectivity index is 1.53. The quantitative estimate of drug-likeness (QED) is 0.813. The molecule has 0 aliphatic carbocycles. The van der Waals surface area contributed by atoms with Crippen LogP contribution in [0.1, 0.15) is 25.5 Å². The first-order chi connectivity index (χ1) is 13.0. The molecule has 2 heterocycles. The number of aromatic nitrogens is 1. The topological polar surface area (TPSA) is 71.5 Å². The zero-order valence-electron chi connectivity index (χ0n) is 15.2. The maximum Gasteiger partial charge on any atom is 0.409 e. The number of halogens is 1. The largest absolute Gasteiger partial charge is 0.450 e. The number of ether oxygens (including phenoxy) is 1. The zero-order chi connectivity index (χ0) is 19.2. The van der Waals surface area contributed by atoms with Gasteiger partial charge in [0.05, 0.1) is 17.8 Å². The summed E-state index contributed by atoms with van der Waals surface area (Å²) in [5.41, 5.74) is 1.48. The van der Waals surface area contributed by atoms with Crippen molar-refractivity contribution < 1.29 is 14.3 Å². The first-order valence-electron chi connectivity index (χ1n) is 9.01. The van der Waals surface area contributed by atoms with Crippen molar-refractivity contribution in [3.05, 3.63) is 47.1 Å². The highest BCUT2D eigenvalue weighted by Crippen LogP contribution is 2.18. The molecule has 0 saturated carbocycles. The number of carbonyl (C=O) groups excluding carboxylic acids is 2. The van der Waals surface area contributed by atoms with Crippen LogP contribution in [0.15, 0.2) is 36.4 Å². The molecule has 3 rings (SSSR count). The van der Waals surface area contributed by atoms with Crippen molar-refractivity contribution in [2.75, 3.05) is 19.7 Å².